The Morgan fingerprint density at radius 2 is 1.21 bits per heavy atom. The first-order chi connectivity index (χ1) is 24.0. The van der Waals surface area contributed by atoms with Crippen molar-refractivity contribution in [1.82, 2.24) is 0 Å². The molecule has 4 aliphatic rings. The molecule has 0 saturated heterocycles. The number of fused-ring (bicyclic) bond motifs is 5. The van der Waals surface area contributed by atoms with Gasteiger partial charge >= 0.3 is 28.4 Å². The molecule has 1 unspecified atom stereocenters. The Morgan fingerprint density at radius 3 is 1.60 bits per heavy atom. The predicted octanol–water partition coefficient (Wildman–Crippen LogP) is 13.5. The summed E-state index contributed by atoms with van der Waals surface area (Å²) in [5.74, 6) is 0.103. The van der Waals surface area contributed by atoms with Gasteiger partial charge in [-0.05, 0) is 58.4 Å². The Morgan fingerprint density at radius 1 is 0.736 bits per heavy atom. The quantitative estimate of drug-likeness (QED) is 0.136. The number of halogens is 4. The van der Waals surface area contributed by atoms with Gasteiger partial charge in [0, 0.05) is 17.0 Å². The Kier molecular flexibility index (Phi) is 16.6. The molecule has 53 heavy (non-hydrogen) atoms. The molecule has 5 heteroatoms. The summed E-state index contributed by atoms with van der Waals surface area (Å²) in [6, 6.07) is 26.8. The van der Waals surface area contributed by atoms with Crippen molar-refractivity contribution in [3.05, 3.63) is 166 Å². The molecular weight excluding hydrogens is 777 g/mol. The molecule has 1 atom stereocenters. The van der Waals surface area contributed by atoms with Gasteiger partial charge in [-0.2, -0.15) is 53.6 Å². The molecule has 0 nitrogen and oxygen atoms in total. The third kappa shape index (κ3) is 11.3. The van der Waals surface area contributed by atoms with Gasteiger partial charge in [0.1, 0.15) is 0 Å². The van der Waals surface area contributed by atoms with Crippen LogP contribution in [0.15, 0.2) is 96.6 Å². The van der Waals surface area contributed by atoms with Crippen LogP contribution in [0.4, 0.5) is 8.78 Å². The van der Waals surface area contributed by atoms with E-state index in [9.17, 15) is 8.78 Å². The third-order valence-corrected chi connectivity index (χ3v) is 9.58. The van der Waals surface area contributed by atoms with E-state index in [0.717, 1.165) is 6.42 Å². The van der Waals surface area contributed by atoms with Crippen molar-refractivity contribution < 1.29 is 33.0 Å². The molecule has 0 heterocycles. The zero-order valence-electron chi connectivity index (χ0n) is 32.7. The van der Waals surface area contributed by atoms with Gasteiger partial charge in [0.15, 0.2) is 0 Å². The average molecular weight is 829 g/mol. The van der Waals surface area contributed by atoms with Crippen LogP contribution in [0, 0.1) is 47.3 Å². The number of rotatable bonds is 0. The molecule has 0 aliphatic heterocycles. The van der Waals surface area contributed by atoms with Crippen LogP contribution < -0.4 is 0 Å². The molecular formula is C48H52Cl2F2Zr-4. The zero-order chi connectivity index (χ0) is 37.7. The minimum atomic E-state index is -0.209. The van der Waals surface area contributed by atoms with Gasteiger partial charge in [-0.1, -0.05) is 97.3 Å². The summed E-state index contributed by atoms with van der Waals surface area (Å²) in [5, 5.41) is 0. The molecule has 0 aromatic heterocycles. The van der Waals surface area contributed by atoms with E-state index in [4.69, 9.17) is 0 Å². The number of allylic oxidation sites excluding steroid dienone is 8. The van der Waals surface area contributed by atoms with Gasteiger partial charge in [0.25, 0.3) is 0 Å². The maximum atomic E-state index is 11.9. The van der Waals surface area contributed by atoms with Crippen molar-refractivity contribution in [1.29, 1.82) is 0 Å². The van der Waals surface area contributed by atoms with Crippen molar-refractivity contribution in [2.45, 2.75) is 86.5 Å². The molecule has 0 saturated carbocycles. The van der Waals surface area contributed by atoms with E-state index in [1.54, 1.807) is 0 Å². The van der Waals surface area contributed by atoms with Crippen LogP contribution in [0.3, 0.4) is 0 Å². The van der Waals surface area contributed by atoms with Crippen LogP contribution in [0.5, 0.6) is 0 Å². The van der Waals surface area contributed by atoms with Crippen molar-refractivity contribution in [2.75, 3.05) is 0 Å². The first-order valence-corrected chi connectivity index (χ1v) is 19.3. The Bertz CT molecular complexity index is 1860. The van der Waals surface area contributed by atoms with E-state index in [1.165, 1.54) is 134 Å². The molecule has 0 N–H and O–H groups in total. The second-order valence-corrected chi connectivity index (χ2v) is 15.6. The molecule has 4 aromatic rings. The molecule has 0 radical (unpaired) electrons. The summed E-state index contributed by atoms with van der Waals surface area (Å²) in [7, 11) is 0. The van der Waals surface area contributed by atoms with Crippen molar-refractivity contribution in [2.24, 2.45) is 11.3 Å². The second-order valence-electron chi connectivity index (χ2n) is 15.6. The van der Waals surface area contributed by atoms with Gasteiger partial charge < -0.3 is 0 Å². The van der Waals surface area contributed by atoms with Gasteiger partial charge in [0.05, 0.1) is 0 Å². The van der Waals surface area contributed by atoms with Crippen molar-refractivity contribution in [3.8, 4) is 11.1 Å². The summed E-state index contributed by atoms with van der Waals surface area (Å²) in [6.45, 7) is 22.5. The van der Waals surface area contributed by atoms with E-state index in [-0.39, 0.29) is 47.3 Å². The Labute approximate surface area is 345 Å². The molecule has 4 aromatic carbocycles. The van der Waals surface area contributed by atoms with E-state index in [0.29, 0.717) is 11.3 Å². The molecule has 0 spiro atoms. The standard InChI is InChI=1S/C25H25.C10H15.2C6H4F.CH2.2ClH.Zr/c1-14-12-24(3,4)22-8-16-7-17-9-23-19(15(2)13-25(23,5)6)11-21(17)20(16)10-18(14)22;1-8-5-6-9(7-8)10(2,3)4;2*7-6-4-2-1-3-5-6;;;;/h8-12H,7H2,1-6H3;6-8H,1-4H3;2*2-5H;1H2;2*1H;/q4*-1;;;;. The summed E-state index contributed by atoms with van der Waals surface area (Å²) in [6.07, 6.45) is 14.8. The predicted molar refractivity (Wildman–Crippen MR) is 223 cm³/mol. The summed E-state index contributed by atoms with van der Waals surface area (Å²) in [5.41, 5.74) is 16.3. The first kappa shape index (κ1) is 46.2. The number of hydrogen-bond acceptors (Lipinski definition) is 0. The van der Waals surface area contributed by atoms with Crippen LogP contribution in [0.1, 0.15) is 103 Å². The van der Waals surface area contributed by atoms with Crippen molar-refractivity contribution >= 4 is 40.2 Å². The molecule has 280 valence electrons. The second kappa shape index (κ2) is 19.1. The van der Waals surface area contributed by atoms with Crippen molar-refractivity contribution in [3.63, 3.8) is 0 Å². The first-order valence-electron chi connectivity index (χ1n) is 17.5. The van der Waals surface area contributed by atoms with Crippen LogP contribution in [-0.4, -0.2) is 4.21 Å². The van der Waals surface area contributed by atoms with E-state index in [2.05, 4.69) is 140 Å². The number of hydrogen-bond donors (Lipinski definition) is 0. The topological polar surface area (TPSA) is 0 Å². The summed E-state index contributed by atoms with van der Waals surface area (Å²) in [4.78, 5) is 0. The summed E-state index contributed by atoms with van der Waals surface area (Å²) >= 11 is 1.30. The Hall–Kier alpha value is -2.97. The Balaban J connectivity index is 0.000000287. The zero-order valence-corrected chi connectivity index (χ0v) is 36.8. The maximum absolute atomic E-state index is 11.9. The fourth-order valence-electron chi connectivity index (χ4n) is 7.06. The third-order valence-electron chi connectivity index (χ3n) is 9.58. The normalized spacial score (nSPS) is 16.8. The van der Waals surface area contributed by atoms with Crippen LogP contribution in [0.2, 0.25) is 0 Å². The van der Waals surface area contributed by atoms with E-state index < -0.39 is 0 Å². The molecule has 8 rings (SSSR count). The molecule has 0 fully saturated rings. The SMILES string of the molecule is CC1=[C-]C(C)(C)c2cc3c(cc21)-c1cc2c(cc1C3)C(C)(C)C=C2C.CC1[C-]=CC(C(C)(C)C)=C1.Cl.Cl.Fc1cc[c-]cc1.Fc1cc[c-]cc1.[CH2]=[Zr]. The van der Waals surface area contributed by atoms with Gasteiger partial charge in [0.2, 0.25) is 0 Å². The van der Waals surface area contributed by atoms with Gasteiger partial charge in [-0.3, -0.25) is 12.2 Å². The molecule has 0 bridgehead atoms. The van der Waals surface area contributed by atoms with E-state index in [1.807, 2.05) is 0 Å². The molecule has 0 amide bonds. The van der Waals surface area contributed by atoms with Gasteiger partial charge in [-0.25, -0.2) is 20.4 Å². The summed E-state index contributed by atoms with van der Waals surface area (Å²) < 4.78 is 27.1. The number of benzene rings is 4. The average Bonchev–Trinajstić information content (AvgIpc) is 3.79. The van der Waals surface area contributed by atoms with Crippen LogP contribution >= 0.6 is 24.8 Å². The minimum absolute atomic E-state index is 0. The van der Waals surface area contributed by atoms with Crippen LogP contribution in [-0.2, 0) is 41.5 Å². The monoisotopic (exact) mass is 826 g/mol. The van der Waals surface area contributed by atoms with E-state index >= 15 is 0 Å². The fourth-order valence-corrected chi connectivity index (χ4v) is 7.06. The fraction of sp³-hybridized carbons (Fsp3) is 0.312. The van der Waals surface area contributed by atoms with Crippen LogP contribution in [0.25, 0.3) is 22.3 Å². The van der Waals surface area contributed by atoms with Gasteiger partial charge in [-0.15, -0.1) is 60.7 Å². The molecule has 4 aliphatic carbocycles.